The number of hydrogen-bond donors (Lipinski definition) is 3. The fourth-order valence-electron chi connectivity index (χ4n) is 2.45. The van der Waals surface area contributed by atoms with Crippen molar-refractivity contribution >= 4 is 35.1 Å². The van der Waals surface area contributed by atoms with Crippen LogP contribution in [0.3, 0.4) is 0 Å². The van der Waals surface area contributed by atoms with Crippen molar-refractivity contribution in [1.82, 2.24) is 10.6 Å². The van der Waals surface area contributed by atoms with E-state index >= 15 is 0 Å². The van der Waals surface area contributed by atoms with E-state index in [0.717, 1.165) is 11.1 Å². The molecule has 138 valence electrons. The molecule has 1 amide bonds. The van der Waals surface area contributed by atoms with Crippen LogP contribution in [0.25, 0.3) is 0 Å². The van der Waals surface area contributed by atoms with Gasteiger partial charge >= 0.3 is 0 Å². The molecule has 26 heavy (non-hydrogen) atoms. The van der Waals surface area contributed by atoms with E-state index < -0.39 is 0 Å². The highest BCUT2D eigenvalue weighted by atomic mass is 35.5. The Labute approximate surface area is 163 Å². The van der Waals surface area contributed by atoms with Gasteiger partial charge in [0, 0.05) is 22.2 Å². The van der Waals surface area contributed by atoms with Crippen LogP contribution >= 0.6 is 23.2 Å². The zero-order valence-corrected chi connectivity index (χ0v) is 16.2. The lowest BCUT2D eigenvalue weighted by Crippen LogP contribution is -2.34. The van der Waals surface area contributed by atoms with Crippen LogP contribution in [0.15, 0.2) is 47.5 Å². The molecule has 0 aromatic heterocycles. The first-order valence-electron chi connectivity index (χ1n) is 8.29. The van der Waals surface area contributed by atoms with E-state index in [9.17, 15) is 4.79 Å². The zero-order valence-electron chi connectivity index (χ0n) is 14.7. The van der Waals surface area contributed by atoms with E-state index in [2.05, 4.69) is 15.6 Å². The Bertz CT molecular complexity index is 808. The van der Waals surface area contributed by atoms with Gasteiger partial charge in [0.2, 0.25) is 0 Å². The second-order valence-corrected chi connectivity index (χ2v) is 6.64. The van der Waals surface area contributed by atoms with Crippen molar-refractivity contribution < 1.29 is 4.79 Å². The van der Waals surface area contributed by atoms with Gasteiger partial charge < -0.3 is 16.4 Å². The van der Waals surface area contributed by atoms with Crippen LogP contribution in [-0.2, 0) is 6.54 Å². The molecular weight excluding hydrogens is 371 g/mol. The Hall–Kier alpha value is -2.24. The number of nitrogens with two attached hydrogens (primary N) is 1. The first-order chi connectivity index (χ1) is 12.4. The fourth-order valence-corrected chi connectivity index (χ4v) is 3.02. The summed E-state index contributed by atoms with van der Waals surface area (Å²) in [6.07, 6.45) is 0. The highest BCUT2D eigenvalue weighted by Crippen LogP contribution is 2.25. The van der Waals surface area contributed by atoms with E-state index in [1.54, 1.807) is 24.3 Å². The Morgan fingerprint density at radius 3 is 2.69 bits per heavy atom. The van der Waals surface area contributed by atoms with Gasteiger partial charge in [-0.25, -0.2) is 4.99 Å². The summed E-state index contributed by atoms with van der Waals surface area (Å²) in [5.74, 6) is 0.197. The lowest BCUT2D eigenvalue weighted by Gasteiger charge is -2.16. The molecule has 1 atom stereocenters. The molecule has 0 radical (unpaired) electrons. The van der Waals surface area contributed by atoms with Gasteiger partial charge in [-0.1, -0.05) is 41.4 Å². The van der Waals surface area contributed by atoms with Crippen LogP contribution in [0.2, 0.25) is 10.0 Å². The number of nitrogens with one attached hydrogen (secondary N) is 2. The normalized spacial score (nSPS) is 12.5. The largest absolute Gasteiger partial charge is 0.370 e. The minimum absolute atomic E-state index is 0.101. The first kappa shape index (κ1) is 20.1. The number of benzene rings is 2. The molecule has 0 bridgehead atoms. The summed E-state index contributed by atoms with van der Waals surface area (Å²) in [6.45, 7) is 4.77. The van der Waals surface area contributed by atoms with Gasteiger partial charge in [-0.3, -0.25) is 4.79 Å². The number of amides is 1. The van der Waals surface area contributed by atoms with Crippen molar-refractivity contribution in [3.8, 4) is 0 Å². The molecule has 0 spiro atoms. The Balaban J connectivity index is 2.01. The summed E-state index contributed by atoms with van der Waals surface area (Å²) < 4.78 is 0. The summed E-state index contributed by atoms with van der Waals surface area (Å²) in [4.78, 5) is 16.2. The number of aliphatic imine (C=N–C) groups is 1. The molecule has 0 saturated heterocycles. The average Bonchev–Trinajstić information content (AvgIpc) is 2.60. The van der Waals surface area contributed by atoms with Crippen LogP contribution in [-0.4, -0.2) is 18.4 Å². The lowest BCUT2D eigenvalue weighted by atomic mass is 10.1. The standard InChI is InChI=1S/C19H22Cl2N4O/c1-3-23-18(26)14-6-4-5-13(9-14)11-24-19(22)25-12(2)16-8-7-15(20)10-17(16)21/h4-10,12H,3,11H2,1-2H3,(H,23,26)(H3,22,24,25). The van der Waals surface area contributed by atoms with Gasteiger partial charge in [-0.05, 0) is 49.2 Å². The first-order valence-corrected chi connectivity index (χ1v) is 9.04. The summed E-state index contributed by atoms with van der Waals surface area (Å²) in [6, 6.07) is 12.5. The summed E-state index contributed by atoms with van der Waals surface area (Å²) in [5.41, 5.74) is 8.36. The van der Waals surface area contributed by atoms with Crippen molar-refractivity contribution in [2.45, 2.75) is 26.4 Å². The predicted octanol–water partition coefficient (Wildman–Crippen LogP) is 3.91. The van der Waals surface area contributed by atoms with Crippen LogP contribution in [0.5, 0.6) is 0 Å². The lowest BCUT2D eigenvalue weighted by molar-refractivity contribution is 0.0955. The third-order valence-corrected chi connectivity index (χ3v) is 4.31. The molecule has 2 aromatic carbocycles. The maximum absolute atomic E-state index is 11.9. The van der Waals surface area contributed by atoms with Crippen molar-refractivity contribution in [3.05, 3.63) is 69.2 Å². The predicted molar refractivity (Wildman–Crippen MR) is 108 cm³/mol. The van der Waals surface area contributed by atoms with Gasteiger partial charge in [0.25, 0.3) is 5.91 Å². The van der Waals surface area contributed by atoms with Gasteiger partial charge in [0.05, 0.1) is 12.6 Å². The van der Waals surface area contributed by atoms with E-state index in [1.807, 2.05) is 32.0 Å². The Morgan fingerprint density at radius 2 is 2.00 bits per heavy atom. The van der Waals surface area contributed by atoms with E-state index in [0.29, 0.717) is 34.7 Å². The van der Waals surface area contributed by atoms with Crippen molar-refractivity contribution in [2.24, 2.45) is 10.7 Å². The second kappa shape index (κ2) is 9.46. The fraction of sp³-hybridized carbons (Fsp3) is 0.263. The molecule has 5 nitrogen and oxygen atoms in total. The van der Waals surface area contributed by atoms with Gasteiger partial charge in [-0.15, -0.1) is 0 Å². The summed E-state index contributed by atoms with van der Waals surface area (Å²) in [5, 5.41) is 7.03. The van der Waals surface area contributed by atoms with E-state index in [4.69, 9.17) is 28.9 Å². The smallest absolute Gasteiger partial charge is 0.251 e. The number of guanidine groups is 1. The molecule has 4 N–H and O–H groups in total. The number of halogens is 2. The Morgan fingerprint density at radius 1 is 1.23 bits per heavy atom. The van der Waals surface area contributed by atoms with Crippen LogP contribution in [0.4, 0.5) is 0 Å². The number of hydrogen-bond acceptors (Lipinski definition) is 2. The molecular formula is C19H22Cl2N4O. The van der Waals surface area contributed by atoms with Gasteiger partial charge in [0.15, 0.2) is 5.96 Å². The molecule has 0 saturated carbocycles. The second-order valence-electron chi connectivity index (χ2n) is 5.79. The summed E-state index contributed by atoms with van der Waals surface area (Å²) in [7, 11) is 0. The SMILES string of the molecule is CCNC(=O)c1cccc(CN=C(N)NC(C)c2ccc(Cl)cc2Cl)c1. The highest BCUT2D eigenvalue weighted by molar-refractivity contribution is 6.35. The molecule has 0 aliphatic rings. The number of nitrogens with zero attached hydrogens (tertiary/aromatic N) is 1. The van der Waals surface area contributed by atoms with Gasteiger partial charge in [-0.2, -0.15) is 0 Å². The maximum atomic E-state index is 11.9. The van der Waals surface area contributed by atoms with E-state index in [1.165, 1.54) is 0 Å². The minimum atomic E-state index is -0.120. The molecule has 2 aromatic rings. The number of rotatable bonds is 6. The third kappa shape index (κ3) is 5.64. The zero-order chi connectivity index (χ0) is 19.1. The molecule has 0 aliphatic carbocycles. The molecule has 2 rings (SSSR count). The van der Waals surface area contributed by atoms with Crippen LogP contribution in [0.1, 0.15) is 41.4 Å². The van der Waals surface area contributed by atoms with Crippen molar-refractivity contribution in [1.29, 1.82) is 0 Å². The molecule has 0 fully saturated rings. The van der Waals surface area contributed by atoms with Gasteiger partial charge in [0.1, 0.15) is 0 Å². The minimum Gasteiger partial charge on any atom is -0.370 e. The topological polar surface area (TPSA) is 79.5 Å². The third-order valence-electron chi connectivity index (χ3n) is 3.75. The van der Waals surface area contributed by atoms with Crippen molar-refractivity contribution in [3.63, 3.8) is 0 Å². The number of carbonyl (C=O) groups is 1. The molecule has 1 unspecified atom stereocenters. The number of carbonyl (C=O) groups excluding carboxylic acids is 1. The van der Waals surface area contributed by atoms with E-state index in [-0.39, 0.29) is 11.9 Å². The summed E-state index contributed by atoms with van der Waals surface area (Å²) >= 11 is 12.1. The monoisotopic (exact) mass is 392 g/mol. The molecule has 0 heterocycles. The molecule has 0 aliphatic heterocycles. The van der Waals surface area contributed by atoms with Crippen molar-refractivity contribution in [2.75, 3.05) is 6.54 Å². The quantitative estimate of drug-likeness (QED) is 0.514. The average molecular weight is 393 g/mol. The Kier molecular flexibility index (Phi) is 7.30. The molecule has 7 heteroatoms. The van der Waals surface area contributed by atoms with Crippen LogP contribution < -0.4 is 16.4 Å². The highest BCUT2D eigenvalue weighted by Gasteiger charge is 2.11. The van der Waals surface area contributed by atoms with Crippen LogP contribution in [0, 0.1) is 0 Å². The maximum Gasteiger partial charge on any atom is 0.251 e.